The molecule has 6 nitrogen and oxygen atoms in total. The molecule has 2 rings (SSSR count). The first-order chi connectivity index (χ1) is 11.3. The van der Waals surface area contributed by atoms with Gasteiger partial charge >= 0.3 is 5.97 Å². The standard InChI is InChI=1S/C15H15BrFNO5S/c1-22-15(19)6-7-18(10-12-3-2-8-23-12)24(20,21)14-5-4-11(17)9-13(14)16/h2-5,8-9H,6-7,10H2,1H3. The summed E-state index contributed by atoms with van der Waals surface area (Å²) in [4.78, 5) is 11.3. The van der Waals surface area contributed by atoms with Gasteiger partial charge in [0, 0.05) is 11.0 Å². The molecule has 130 valence electrons. The number of furan rings is 1. The molecule has 24 heavy (non-hydrogen) atoms. The van der Waals surface area contributed by atoms with Crippen LogP contribution in [0.5, 0.6) is 0 Å². The molecule has 0 fully saturated rings. The van der Waals surface area contributed by atoms with E-state index >= 15 is 0 Å². The van der Waals surface area contributed by atoms with Crippen molar-refractivity contribution in [2.45, 2.75) is 17.9 Å². The molecule has 0 aliphatic rings. The van der Waals surface area contributed by atoms with Gasteiger partial charge in [-0.25, -0.2) is 12.8 Å². The Morgan fingerprint density at radius 1 is 1.38 bits per heavy atom. The van der Waals surface area contributed by atoms with Crippen LogP contribution in [0.1, 0.15) is 12.2 Å². The quantitative estimate of drug-likeness (QED) is 0.644. The summed E-state index contributed by atoms with van der Waals surface area (Å²) in [5.41, 5.74) is 0. The highest BCUT2D eigenvalue weighted by Gasteiger charge is 2.28. The molecule has 0 N–H and O–H groups in total. The van der Waals surface area contributed by atoms with Crippen molar-refractivity contribution in [3.05, 3.63) is 52.6 Å². The maximum Gasteiger partial charge on any atom is 0.306 e. The average Bonchev–Trinajstić information content (AvgIpc) is 3.03. The second-order valence-corrected chi connectivity index (χ2v) is 7.58. The first kappa shape index (κ1) is 18.6. The second kappa shape index (κ2) is 7.91. The number of nitrogens with zero attached hydrogens (tertiary/aromatic N) is 1. The summed E-state index contributed by atoms with van der Waals surface area (Å²) in [7, 11) is -2.75. The van der Waals surface area contributed by atoms with Crippen molar-refractivity contribution < 1.29 is 26.8 Å². The fourth-order valence-corrected chi connectivity index (χ4v) is 4.42. The Labute approximate surface area is 147 Å². The third-order valence-electron chi connectivity index (χ3n) is 3.22. The van der Waals surface area contributed by atoms with Gasteiger partial charge in [-0.2, -0.15) is 4.31 Å². The van der Waals surface area contributed by atoms with Gasteiger partial charge in [0.15, 0.2) is 0 Å². The summed E-state index contributed by atoms with van der Waals surface area (Å²) >= 11 is 3.06. The predicted molar refractivity (Wildman–Crippen MR) is 87.0 cm³/mol. The van der Waals surface area contributed by atoms with E-state index in [1.165, 1.54) is 19.4 Å². The van der Waals surface area contributed by atoms with E-state index in [-0.39, 0.29) is 28.9 Å². The highest BCUT2D eigenvalue weighted by molar-refractivity contribution is 9.10. The van der Waals surface area contributed by atoms with Crippen molar-refractivity contribution in [3.63, 3.8) is 0 Å². The van der Waals surface area contributed by atoms with Crippen LogP contribution in [-0.2, 0) is 26.1 Å². The molecule has 9 heteroatoms. The maximum atomic E-state index is 13.2. The van der Waals surface area contributed by atoms with E-state index in [2.05, 4.69) is 20.7 Å². The molecule has 0 aliphatic carbocycles. The number of benzene rings is 1. The first-order valence-corrected chi connectivity index (χ1v) is 9.12. The van der Waals surface area contributed by atoms with Crippen LogP contribution in [0.3, 0.4) is 0 Å². The minimum atomic E-state index is -3.98. The van der Waals surface area contributed by atoms with Gasteiger partial charge in [0.2, 0.25) is 10.0 Å². The van der Waals surface area contributed by atoms with Crippen LogP contribution in [0, 0.1) is 5.82 Å². The highest BCUT2D eigenvalue weighted by Crippen LogP contribution is 2.27. The van der Waals surface area contributed by atoms with E-state index < -0.39 is 21.8 Å². The molecule has 1 aromatic heterocycles. The van der Waals surface area contributed by atoms with E-state index in [9.17, 15) is 17.6 Å². The highest BCUT2D eigenvalue weighted by atomic mass is 79.9. The van der Waals surface area contributed by atoms with Crippen molar-refractivity contribution in [1.82, 2.24) is 4.31 Å². The van der Waals surface area contributed by atoms with Crippen LogP contribution in [-0.4, -0.2) is 32.3 Å². The van der Waals surface area contributed by atoms with E-state index in [4.69, 9.17) is 4.42 Å². The zero-order valence-electron chi connectivity index (χ0n) is 12.7. The summed E-state index contributed by atoms with van der Waals surface area (Å²) < 4.78 is 49.9. The fourth-order valence-electron chi connectivity index (χ4n) is 2.00. The molecule has 1 heterocycles. The van der Waals surface area contributed by atoms with Gasteiger partial charge in [-0.3, -0.25) is 4.79 Å². The Hall–Kier alpha value is -1.71. The number of carbonyl (C=O) groups excluding carboxylic acids is 1. The Bertz CT molecular complexity index is 807. The lowest BCUT2D eigenvalue weighted by Crippen LogP contribution is -2.33. The zero-order valence-corrected chi connectivity index (χ0v) is 15.1. The Kier molecular flexibility index (Phi) is 6.14. The molecule has 0 aliphatic heterocycles. The minimum absolute atomic E-state index is 0.0594. The predicted octanol–water partition coefficient (Wildman–Crippen LogP) is 2.94. The Balaban J connectivity index is 2.34. The average molecular weight is 420 g/mol. The topological polar surface area (TPSA) is 76.8 Å². The zero-order chi connectivity index (χ0) is 17.7. The van der Waals surface area contributed by atoms with Crippen molar-refractivity contribution in [1.29, 1.82) is 0 Å². The summed E-state index contributed by atoms with van der Waals surface area (Å²) in [5, 5.41) is 0. The van der Waals surface area contributed by atoms with Crippen molar-refractivity contribution >= 4 is 31.9 Å². The Morgan fingerprint density at radius 3 is 2.71 bits per heavy atom. The molecule has 0 spiro atoms. The van der Waals surface area contributed by atoms with Gasteiger partial charge in [0.1, 0.15) is 11.6 Å². The largest absolute Gasteiger partial charge is 0.469 e. The van der Waals surface area contributed by atoms with Crippen LogP contribution in [0.25, 0.3) is 0 Å². The van der Waals surface area contributed by atoms with Gasteiger partial charge in [0.05, 0.1) is 31.2 Å². The molecule has 0 amide bonds. The number of methoxy groups -OCH3 is 1. The molecule has 2 aromatic rings. The van der Waals surface area contributed by atoms with Gasteiger partial charge in [0.25, 0.3) is 0 Å². The summed E-state index contributed by atoms with van der Waals surface area (Å²) in [6.45, 7) is -0.157. The monoisotopic (exact) mass is 419 g/mol. The molecule has 0 bridgehead atoms. The summed E-state index contributed by atoms with van der Waals surface area (Å²) in [5.74, 6) is -0.678. The van der Waals surface area contributed by atoms with Crippen molar-refractivity contribution in [2.75, 3.05) is 13.7 Å². The summed E-state index contributed by atoms with van der Waals surface area (Å²) in [6, 6.07) is 6.55. The lowest BCUT2D eigenvalue weighted by atomic mass is 10.3. The van der Waals surface area contributed by atoms with Crippen LogP contribution in [0.4, 0.5) is 4.39 Å². The lowest BCUT2D eigenvalue weighted by molar-refractivity contribution is -0.140. The van der Waals surface area contributed by atoms with Crippen LogP contribution >= 0.6 is 15.9 Å². The van der Waals surface area contributed by atoms with E-state index in [0.29, 0.717) is 5.76 Å². The van der Waals surface area contributed by atoms with Gasteiger partial charge in [-0.05, 0) is 46.3 Å². The van der Waals surface area contributed by atoms with E-state index in [1.54, 1.807) is 12.1 Å². The van der Waals surface area contributed by atoms with Crippen LogP contribution < -0.4 is 0 Å². The molecule has 0 saturated heterocycles. The SMILES string of the molecule is COC(=O)CCN(Cc1ccco1)S(=O)(=O)c1ccc(F)cc1Br. The van der Waals surface area contributed by atoms with Crippen LogP contribution in [0.2, 0.25) is 0 Å². The van der Waals surface area contributed by atoms with Crippen molar-refractivity contribution in [3.8, 4) is 0 Å². The first-order valence-electron chi connectivity index (χ1n) is 6.89. The second-order valence-electron chi connectivity index (χ2n) is 4.82. The summed E-state index contributed by atoms with van der Waals surface area (Å²) in [6.07, 6.45) is 1.31. The molecular formula is C15H15BrFNO5S. The number of esters is 1. The number of halogens is 2. The van der Waals surface area contributed by atoms with Crippen molar-refractivity contribution in [2.24, 2.45) is 0 Å². The van der Waals surface area contributed by atoms with Gasteiger partial charge in [-0.15, -0.1) is 0 Å². The molecule has 0 saturated carbocycles. The third-order valence-corrected chi connectivity index (χ3v) is 6.04. The molecule has 0 atom stereocenters. The van der Waals surface area contributed by atoms with Crippen LogP contribution in [0.15, 0.2) is 50.4 Å². The number of sulfonamides is 1. The fraction of sp³-hybridized carbons (Fsp3) is 0.267. The normalized spacial score (nSPS) is 11.7. The number of ether oxygens (including phenoxy) is 1. The maximum absolute atomic E-state index is 13.2. The lowest BCUT2D eigenvalue weighted by Gasteiger charge is -2.21. The Morgan fingerprint density at radius 2 is 2.12 bits per heavy atom. The molecule has 0 unspecified atom stereocenters. The number of carbonyl (C=O) groups is 1. The molecule has 1 aromatic carbocycles. The third kappa shape index (κ3) is 4.43. The van der Waals surface area contributed by atoms with E-state index in [0.717, 1.165) is 16.4 Å². The minimum Gasteiger partial charge on any atom is -0.469 e. The smallest absolute Gasteiger partial charge is 0.306 e. The molecule has 0 radical (unpaired) electrons. The molecular weight excluding hydrogens is 405 g/mol. The van der Waals surface area contributed by atoms with Gasteiger partial charge < -0.3 is 9.15 Å². The number of rotatable bonds is 7. The van der Waals surface area contributed by atoms with Gasteiger partial charge in [-0.1, -0.05) is 0 Å². The number of hydrogen-bond donors (Lipinski definition) is 0. The van der Waals surface area contributed by atoms with E-state index in [1.807, 2.05) is 0 Å². The number of hydrogen-bond acceptors (Lipinski definition) is 5.